The van der Waals surface area contributed by atoms with E-state index in [9.17, 15) is 14.7 Å². The lowest BCUT2D eigenvalue weighted by atomic mass is 10.1. The zero-order valence-electron chi connectivity index (χ0n) is 18.0. The van der Waals surface area contributed by atoms with Crippen LogP contribution in [-0.4, -0.2) is 35.6 Å². The van der Waals surface area contributed by atoms with E-state index in [0.717, 1.165) is 32.1 Å². The lowest BCUT2D eigenvalue weighted by Gasteiger charge is -2.21. The van der Waals surface area contributed by atoms with Gasteiger partial charge in [0.1, 0.15) is 6.04 Å². The van der Waals surface area contributed by atoms with Crippen LogP contribution in [0.1, 0.15) is 111 Å². The van der Waals surface area contributed by atoms with E-state index < -0.39 is 12.1 Å². The predicted octanol–water partition coefficient (Wildman–Crippen LogP) is 4.47. The van der Waals surface area contributed by atoms with Crippen LogP contribution in [0.4, 0.5) is 0 Å². The summed E-state index contributed by atoms with van der Waals surface area (Å²) in [6.45, 7) is 6.54. The van der Waals surface area contributed by atoms with Gasteiger partial charge in [0, 0.05) is 13.0 Å². The molecule has 2 amide bonds. The fourth-order valence-electron chi connectivity index (χ4n) is 3.12. The zero-order chi connectivity index (χ0) is 20.3. The molecule has 0 saturated heterocycles. The lowest BCUT2D eigenvalue weighted by Crippen LogP contribution is -2.52. The Morgan fingerprint density at radius 1 is 0.778 bits per heavy atom. The third-order valence-corrected chi connectivity index (χ3v) is 4.92. The van der Waals surface area contributed by atoms with Crippen molar-refractivity contribution in [3.8, 4) is 0 Å². The van der Waals surface area contributed by atoms with Gasteiger partial charge in [0.05, 0.1) is 6.10 Å². The van der Waals surface area contributed by atoms with E-state index >= 15 is 0 Å². The molecule has 0 spiro atoms. The van der Waals surface area contributed by atoms with Crippen molar-refractivity contribution >= 4 is 11.8 Å². The molecule has 3 N–H and O–H groups in total. The van der Waals surface area contributed by atoms with Crippen LogP contribution in [0.3, 0.4) is 0 Å². The van der Waals surface area contributed by atoms with Crippen LogP contribution in [0.2, 0.25) is 0 Å². The molecule has 0 bridgehead atoms. The molecule has 2 atom stereocenters. The molecule has 27 heavy (non-hydrogen) atoms. The number of carbonyl (C=O) groups is 2. The van der Waals surface area contributed by atoms with E-state index in [-0.39, 0.29) is 11.8 Å². The van der Waals surface area contributed by atoms with Crippen molar-refractivity contribution in [2.75, 3.05) is 6.54 Å². The fourth-order valence-corrected chi connectivity index (χ4v) is 3.12. The second-order valence-electron chi connectivity index (χ2n) is 7.72. The Balaban J connectivity index is 3.92. The van der Waals surface area contributed by atoms with Crippen LogP contribution < -0.4 is 10.6 Å². The van der Waals surface area contributed by atoms with E-state index in [1.165, 1.54) is 51.4 Å². The first-order chi connectivity index (χ1) is 13.0. The van der Waals surface area contributed by atoms with Gasteiger partial charge in [-0.3, -0.25) is 9.59 Å². The van der Waals surface area contributed by atoms with Gasteiger partial charge in [0.25, 0.3) is 0 Å². The minimum atomic E-state index is -0.896. The molecular formula is C22H44N2O3. The van der Waals surface area contributed by atoms with Gasteiger partial charge in [-0.25, -0.2) is 0 Å². The summed E-state index contributed by atoms with van der Waals surface area (Å²) >= 11 is 0. The highest BCUT2D eigenvalue weighted by Gasteiger charge is 2.24. The van der Waals surface area contributed by atoms with Crippen molar-refractivity contribution in [2.24, 2.45) is 0 Å². The zero-order valence-corrected chi connectivity index (χ0v) is 18.0. The number of carbonyl (C=O) groups excluding carboxylic acids is 2. The molecule has 0 radical (unpaired) electrons. The first-order valence-electron chi connectivity index (χ1n) is 11.3. The molecule has 0 aliphatic rings. The number of hydrogen-bond donors (Lipinski definition) is 3. The molecule has 5 heteroatoms. The molecule has 0 aromatic carbocycles. The number of aliphatic hydroxyl groups is 1. The largest absolute Gasteiger partial charge is 0.391 e. The monoisotopic (exact) mass is 384 g/mol. The quantitative estimate of drug-likeness (QED) is 0.305. The van der Waals surface area contributed by atoms with E-state index in [1.807, 2.05) is 0 Å². The van der Waals surface area contributed by atoms with Crippen LogP contribution in [0.5, 0.6) is 0 Å². The summed E-state index contributed by atoms with van der Waals surface area (Å²) in [6, 6.07) is -0.859. The third kappa shape index (κ3) is 15.6. The highest BCUT2D eigenvalue weighted by molar-refractivity contribution is 5.88. The molecule has 160 valence electrons. The second kappa shape index (κ2) is 18.3. The number of aliphatic hydroxyl groups excluding tert-OH is 1. The van der Waals surface area contributed by atoms with E-state index in [0.29, 0.717) is 13.0 Å². The average molecular weight is 385 g/mol. The summed E-state index contributed by atoms with van der Waals surface area (Å²) in [7, 11) is 0. The highest BCUT2D eigenvalue weighted by atomic mass is 16.3. The summed E-state index contributed by atoms with van der Waals surface area (Å²) in [5, 5.41) is 15.4. The molecule has 0 saturated carbocycles. The van der Waals surface area contributed by atoms with Gasteiger partial charge < -0.3 is 15.7 Å². The first kappa shape index (κ1) is 25.9. The first-order valence-corrected chi connectivity index (χ1v) is 11.3. The molecule has 0 aromatic rings. The Bertz CT molecular complexity index is 373. The normalized spacial score (nSPS) is 13.2. The fraction of sp³-hybridized carbons (Fsp3) is 0.909. The summed E-state index contributed by atoms with van der Waals surface area (Å²) in [5.41, 5.74) is 0. The summed E-state index contributed by atoms with van der Waals surface area (Å²) in [5.74, 6) is -0.435. The molecule has 0 heterocycles. The summed E-state index contributed by atoms with van der Waals surface area (Å²) < 4.78 is 0. The number of unbranched alkanes of at least 4 members (excludes halogenated alkanes) is 11. The van der Waals surface area contributed by atoms with Crippen molar-refractivity contribution in [1.82, 2.24) is 10.6 Å². The molecule has 0 fully saturated rings. The standard InChI is InChI=1S/C22H44N2O3/c1-4-6-8-10-12-13-15-17-20(26)24-21(19(3)25)22(27)23-18-16-14-11-9-7-5-2/h19,21,25H,4-18H2,1-3H3,(H,23,27)(H,24,26)/t19-,21+/m1/s1. The Morgan fingerprint density at radius 3 is 1.78 bits per heavy atom. The molecule has 0 rings (SSSR count). The van der Waals surface area contributed by atoms with E-state index in [1.54, 1.807) is 6.92 Å². The van der Waals surface area contributed by atoms with Crippen LogP contribution in [0.15, 0.2) is 0 Å². The predicted molar refractivity (Wildman–Crippen MR) is 113 cm³/mol. The number of nitrogens with one attached hydrogen (secondary N) is 2. The number of rotatable bonds is 18. The summed E-state index contributed by atoms with van der Waals surface area (Å²) in [6.07, 6.45) is 14.6. The molecular weight excluding hydrogens is 340 g/mol. The van der Waals surface area contributed by atoms with E-state index in [2.05, 4.69) is 24.5 Å². The SMILES string of the molecule is CCCCCCCCCC(=O)N[C@H](C(=O)NCCCCCCCC)[C@@H](C)O. The number of amides is 2. The van der Waals surface area contributed by atoms with Gasteiger partial charge in [0.2, 0.25) is 11.8 Å². The molecule has 0 aromatic heterocycles. The number of hydrogen-bond acceptors (Lipinski definition) is 3. The minimum Gasteiger partial charge on any atom is -0.391 e. The van der Waals surface area contributed by atoms with Crippen molar-refractivity contribution < 1.29 is 14.7 Å². The van der Waals surface area contributed by atoms with Crippen LogP contribution >= 0.6 is 0 Å². The van der Waals surface area contributed by atoms with Gasteiger partial charge >= 0.3 is 0 Å². The maximum Gasteiger partial charge on any atom is 0.245 e. The van der Waals surface area contributed by atoms with Gasteiger partial charge in [0.15, 0.2) is 0 Å². The van der Waals surface area contributed by atoms with Crippen LogP contribution in [0.25, 0.3) is 0 Å². The highest BCUT2D eigenvalue weighted by Crippen LogP contribution is 2.09. The minimum absolute atomic E-state index is 0.149. The average Bonchev–Trinajstić information content (AvgIpc) is 2.64. The van der Waals surface area contributed by atoms with Gasteiger partial charge in [-0.2, -0.15) is 0 Å². The van der Waals surface area contributed by atoms with Gasteiger partial charge in [-0.1, -0.05) is 84.5 Å². The molecule has 0 aliphatic carbocycles. The van der Waals surface area contributed by atoms with Crippen LogP contribution in [0, 0.1) is 0 Å². The van der Waals surface area contributed by atoms with Crippen molar-refractivity contribution in [3.63, 3.8) is 0 Å². The van der Waals surface area contributed by atoms with Crippen molar-refractivity contribution in [2.45, 2.75) is 123 Å². The molecule has 0 aliphatic heterocycles. The van der Waals surface area contributed by atoms with Crippen molar-refractivity contribution in [1.29, 1.82) is 0 Å². The van der Waals surface area contributed by atoms with E-state index in [4.69, 9.17) is 0 Å². The van der Waals surface area contributed by atoms with Gasteiger partial charge in [-0.15, -0.1) is 0 Å². The molecule has 0 unspecified atom stereocenters. The third-order valence-electron chi connectivity index (χ3n) is 4.92. The molecule has 5 nitrogen and oxygen atoms in total. The Labute approximate surface area is 167 Å². The topological polar surface area (TPSA) is 78.4 Å². The maximum atomic E-state index is 12.2. The van der Waals surface area contributed by atoms with Crippen LogP contribution in [-0.2, 0) is 9.59 Å². The van der Waals surface area contributed by atoms with Gasteiger partial charge in [-0.05, 0) is 19.8 Å². The smallest absolute Gasteiger partial charge is 0.245 e. The Kier molecular flexibility index (Phi) is 17.5. The van der Waals surface area contributed by atoms with Crippen molar-refractivity contribution in [3.05, 3.63) is 0 Å². The second-order valence-corrected chi connectivity index (χ2v) is 7.72. The maximum absolute atomic E-state index is 12.2. The summed E-state index contributed by atoms with van der Waals surface area (Å²) in [4.78, 5) is 24.3. The Hall–Kier alpha value is -1.10. The Morgan fingerprint density at radius 2 is 1.26 bits per heavy atom. The lowest BCUT2D eigenvalue weighted by molar-refractivity contribution is -0.131.